The first kappa shape index (κ1) is 20.1. The number of nitrogens with zero attached hydrogens (tertiary/aromatic N) is 3. The van der Waals surface area contributed by atoms with Crippen molar-refractivity contribution in [3.05, 3.63) is 39.4 Å². The van der Waals surface area contributed by atoms with Crippen molar-refractivity contribution in [3.63, 3.8) is 0 Å². The second-order valence-corrected chi connectivity index (χ2v) is 10.9. The Hall–Kier alpha value is -1.66. The molecule has 1 heterocycles. The molecule has 1 saturated carbocycles. The Balaban J connectivity index is 2.27. The Bertz CT molecular complexity index is 982. The molecule has 3 rings (SSSR count). The fourth-order valence-electron chi connectivity index (χ4n) is 3.58. The van der Waals surface area contributed by atoms with Gasteiger partial charge in [0.2, 0.25) is 0 Å². The van der Waals surface area contributed by atoms with Gasteiger partial charge in [0.25, 0.3) is 5.56 Å². The lowest BCUT2D eigenvalue weighted by atomic mass is 9.69. The van der Waals surface area contributed by atoms with Gasteiger partial charge in [0.05, 0.1) is 16.6 Å². The molecule has 1 aliphatic rings. The van der Waals surface area contributed by atoms with E-state index in [1.54, 1.807) is 4.57 Å². The maximum atomic E-state index is 13.1. The van der Waals surface area contributed by atoms with Gasteiger partial charge in [0, 0.05) is 18.0 Å². The van der Waals surface area contributed by atoms with Gasteiger partial charge >= 0.3 is 0 Å². The number of benzene rings is 1. The Morgan fingerprint density at radius 3 is 2.48 bits per heavy atom. The number of aromatic nitrogens is 2. The Morgan fingerprint density at radius 2 is 1.96 bits per heavy atom. The van der Waals surface area contributed by atoms with Crippen molar-refractivity contribution in [1.29, 1.82) is 0 Å². The number of rotatable bonds is 3. The average molecular weight is 388 g/mol. The Labute approximate surface area is 164 Å². The van der Waals surface area contributed by atoms with E-state index in [2.05, 4.69) is 11.3 Å². The predicted molar refractivity (Wildman–Crippen MR) is 113 cm³/mol. The van der Waals surface area contributed by atoms with Gasteiger partial charge in [-0.15, -0.1) is 0 Å². The summed E-state index contributed by atoms with van der Waals surface area (Å²) in [6.07, 6.45) is 3.25. The molecule has 0 bridgehead atoms. The maximum Gasteiger partial charge on any atom is 0.261 e. The molecule has 1 fully saturated rings. The first-order valence-electron chi connectivity index (χ1n) is 9.43. The minimum absolute atomic E-state index is 0.0298. The highest BCUT2D eigenvalue weighted by Gasteiger charge is 2.38. The molecule has 0 saturated heterocycles. The zero-order chi connectivity index (χ0) is 20.1. The van der Waals surface area contributed by atoms with Crippen molar-refractivity contribution < 1.29 is 4.55 Å². The quantitative estimate of drug-likeness (QED) is 0.591. The van der Waals surface area contributed by atoms with Gasteiger partial charge in [-0.25, -0.2) is 4.98 Å². The number of hydrogen-bond donors (Lipinski definition) is 0. The van der Waals surface area contributed by atoms with Crippen LogP contribution in [0.4, 0.5) is 0 Å². The second-order valence-electron chi connectivity index (χ2n) is 8.96. The van der Waals surface area contributed by atoms with Gasteiger partial charge in [-0.3, -0.25) is 9.36 Å². The SMILES string of the molecule is CC(=N[S+]([O-])C(C)(C)C)c1cc(C)cc2c(=O)n(C)c(C3(C)CCC3)nc12. The molecule has 0 amide bonds. The molecule has 0 spiro atoms. The van der Waals surface area contributed by atoms with Gasteiger partial charge in [-0.2, -0.15) is 0 Å². The van der Waals surface area contributed by atoms with Gasteiger partial charge in [-0.1, -0.05) is 17.7 Å². The van der Waals surface area contributed by atoms with Crippen LogP contribution in [0.2, 0.25) is 0 Å². The second kappa shape index (κ2) is 6.74. The van der Waals surface area contributed by atoms with E-state index in [1.165, 1.54) is 0 Å². The van der Waals surface area contributed by atoms with E-state index >= 15 is 0 Å². The molecule has 2 aromatic rings. The van der Waals surface area contributed by atoms with Gasteiger partial charge < -0.3 is 4.55 Å². The van der Waals surface area contributed by atoms with E-state index in [9.17, 15) is 9.35 Å². The van der Waals surface area contributed by atoms with Crippen molar-refractivity contribution in [2.24, 2.45) is 11.4 Å². The van der Waals surface area contributed by atoms with Gasteiger partial charge in [-0.05, 0) is 65.2 Å². The normalized spacial score (nSPS) is 18.4. The third-order valence-electron chi connectivity index (χ3n) is 5.46. The van der Waals surface area contributed by atoms with Crippen molar-refractivity contribution in [1.82, 2.24) is 9.55 Å². The van der Waals surface area contributed by atoms with E-state index in [1.807, 2.05) is 53.8 Å². The maximum absolute atomic E-state index is 13.1. The molecular formula is C21H29N3O2S. The lowest BCUT2D eigenvalue weighted by Gasteiger charge is -2.38. The van der Waals surface area contributed by atoms with Crippen molar-refractivity contribution in [3.8, 4) is 0 Å². The lowest BCUT2D eigenvalue weighted by molar-refractivity contribution is 0.248. The van der Waals surface area contributed by atoms with Crippen LogP contribution in [0.1, 0.15) is 70.8 Å². The molecular weight excluding hydrogens is 358 g/mol. The van der Waals surface area contributed by atoms with Crippen LogP contribution in [0.25, 0.3) is 10.9 Å². The summed E-state index contributed by atoms with van der Waals surface area (Å²) >= 11 is -1.36. The molecule has 0 N–H and O–H groups in total. The molecule has 0 aliphatic heterocycles. The van der Waals surface area contributed by atoms with Crippen LogP contribution >= 0.6 is 0 Å². The third kappa shape index (κ3) is 3.57. The summed E-state index contributed by atoms with van der Waals surface area (Å²) in [7, 11) is 1.81. The van der Waals surface area contributed by atoms with Crippen LogP contribution in [-0.4, -0.2) is 24.6 Å². The van der Waals surface area contributed by atoms with E-state index in [4.69, 9.17) is 4.98 Å². The Morgan fingerprint density at radius 1 is 1.33 bits per heavy atom. The molecule has 1 atom stereocenters. The van der Waals surface area contributed by atoms with Crippen LogP contribution in [0.3, 0.4) is 0 Å². The van der Waals surface area contributed by atoms with E-state index < -0.39 is 16.1 Å². The highest BCUT2D eigenvalue weighted by Crippen LogP contribution is 2.42. The van der Waals surface area contributed by atoms with E-state index in [0.717, 1.165) is 36.2 Å². The molecule has 5 nitrogen and oxygen atoms in total. The summed E-state index contributed by atoms with van der Waals surface area (Å²) < 4.78 is 18.2. The molecule has 146 valence electrons. The fourth-order valence-corrected chi connectivity index (χ4v) is 4.20. The zero-order valence-electron chi connectivity index (χ0n) is 17.3. The summed E-state index contributed by atoms with van der Waals surface area (Å²) in [6, 6.07) is 3.87. The summed E-state index contributed by atoms with van der Waals surface area (Å²) in [5.74, 6) is 0.834. The first-order chi connectivity index (χ1) is 12.4. The molecule has 1 aliphatic carbocycles. The molecule has 1 aromatic heterocycles. The molecule has 1 unspecified atom stereocenters. The van der Waals surface area contributed by atoms with Crippen LogP contribution in [0.5, 0.6) is 0 Å². The third-order valence-corrected chi connectivity index (χ3v) is 6.94. The fraction of sp³-hybridized carbons (Fsp3) is 0.571. The number of hydrogen-bond acceptors (Lipinski definition) is 4. The van der Waals surface area contributed by atoms with Gasteiger partial charge in [0.15, 0.2) is 0 Å². The smallest absolute Gasteiger partial charge is 0.261 e. The number of aryl methyl sites for hydroxylation is 1. The average Bonchev–Trinajstić information content (AvgIpc) is 2.54. The number of fused-ring (bicyclic) bond motifs is 1. The molecule has 6 heteroatoms. The summed E-state index contributed by atoms with van der Waals surface area (Å²) in [5.41, 5.74) is 3.00. The first-order valence-corrected chi connectivity index (χ1v) is 10.5. The van der Waals surface area contributed by atoms with Crippen molar-refractivity contribution >= 4 is 28.0 Å². The molecule has 27 heavy (non-hydrogen) atoms. The van der Waals surface area contributed by atoms with Crippen LogP contribution in [-0.2, 0) is 23.8 Å². The largest absolute Gasteiger partial charge is 0.591 e. The van der Waals surface area contributed by atoms with Crippen molar-refractivity contribution in [2.45, 2.75) is 71.0 Å². The van der Waals surface area contributed by atoms with Crippen LogP contribution in [0, 0.1) is 6.92 Å². The van der Waals surface area contributed by atoms with Crippen LogP contribution < -0.4 is 5.56 Å². The minimum Gasteiger partial charge on any atom is -0.591 e. The lowest BCUT2D eigenvalue weighted by Crippen LogP contribution is -2.38. The minimum atomic E-state index is -1.36. The highest BCUT2D eigenvalue weighted by atomic mass is 32.2. The summed E-state index contributed by atoms with van der Waals surface area (Å²) in [4.78, 5) is 18.0. The summed E-state index contributed by atoms with van der Waals surface area (Å²) in [5, 5.41) is 0.593. The van der Waals surface area contributed by atoms with Crippen LogP contribution in [0.15, 0.2) is 21.3 Å². The topological polar surface area (TPSA) is 70.3 Å². The van der Waals surface area contributed by atoms with Crippen molar-refractivity contribution in [2.75, 3.05) is 0 Å². The van der Waals surface area contributed by atoms with E-state index in [-0.39, 0.29) is 11.0 Å². The standard InChI is InChI=1S/C21H29N3O2S/c1-13-11-15(14(2)23-27(26)20(3,4)5)17-16(12-13)18(25)24(7)19(22-17)21(6)9-8-10-21/h11-12H,8-10H2,1-7H3. The van der Waals surface area contributed by atoms with E-state index in [0.29, 0.717) is 16.6 Å². The monoisotopic (exact) mass is 387 g/mol. The molecule has 1 aromatic carbocycles. The highest BCUT2D eigenvalue weighted by molar-refractivity contribution is 7.91. The zero-order valence-corrected chi connectivity index (χ0v) is 18.2. The Kier molecular flexibility index (Phi) is 5.02. The van der Waals surface area contributed by atoms with Gasteiger partial charge in [0.1, 0.15) is 21.9 Å². The summed E-state index contributed by atoms with van der Waals surface area (Å²) in [6.45, 7) is 11.7. The molecule has 0 radical (unpaired) electrons. The predicted octanol–water partition coefficient (Wildman–Crippen LogP) is 3.95.